The van der Waals surface area contributed by atoms with E-state index in [0.717, 1.165) is 49.5 Å². The van der Waals surface area contributed by atoms with Gasteiger partial charge in [0.2, 0.25) is 5.91 Å². The van der Waals surface area contributed by atoms with Crippen molar-refractivity contribution < 1.29 is 4.79 Å². The highest BCUT2D eigenvalue weighted by molar-refractivity contribution is 7.16. The standard InChI is InChI=1S/C15H23ClN2OS/c1-2-6-15(7-10-17-11-8-15)14(19)18-9-5-12-3-4-13(16)20-12/h3-4,17H,2,5-11H2,1H3,(H,18,19). The van der Waals surface area contributed by atoms with Crippen molar-refractivity contribution in [1.29, 1.82) is 0 Å². The molecule has 0 aliphatic carbocycles. The summed E-state index contributed by atoms with van der Waals surface area (Å²) in [6.45, 7) is 4.77. The molecular formula is C15H23ClN2OS. The molecule has 0 bridgehead atoms. The number of thiophene rings is 1. The second kappa shape index (κ2) is 7.43. The van der Waals surface area contributed by atoms with E-state index in [-0.39, 0.29) is 11.3 Å². The van der Waals surface area contributed by atoms with Gasteiger partial charge in [-0.05, 0) is 50.9 Å². The fraction of sp³-hybridized carbons (Fsp3) is 0.667. The Hall–Kier alpha value is -0.580. The number of carbonyl (C=O) groups is 1. The molecule has 112 valence electrons. The molecule has 2 heterocycles. The van der Waals surface area contributed by atoms with Crippen LogP contribution >= 0.6 is 22.9 Å². The number of hydrogen-bond acceptors (Lipinski definition) is 3. The van der Waals surface area contributed by atoms with Gasteiger partial charge in [0.15, 0.2) is 0 Å². The third-order valence-corrected chi connectivity index (χ3v) is 5.35. The van der Waals surface area contributed by atoms with E-state index in [1.54, 1.807) is 11.3 Å². The van der Waals surface area contributed by atoms with Gasteiger partial charge in [-0.15, -0.1) is 11.3 Å². The molecule has 1 aromatic rings. The van der Waals surface area contributed by atoms with Gasteiger partial charge in [0, 0.05) is 11.4 Å². The minimum absolute atomic E-state index is 0.146. The second-order valence-electron chi connectivity index (χ2n) is 5.49. The minimum Gasteiger partial charge on any atom is -0.355 e. The lowest BCUT2D eigenvalue weighted by Gasteiger charge is -2.36. The highest BCUT2D eigenvalue weighted by Crippen LogP contribution is 2.34. The maximum atomic E-state index is 12.5. The van der Waals surface area contributed by atoms with E-state index >= 15 is 0 Å². The Morgan fingerprint density at radius 1 is 1.45 bits per heavy atom. The van der Waals surface area contributed by atoms with Crippen LogP contribution in [0.3, 0.4) is 0 Å². The summed E-state index contributed by atoms with van der Waals surface area (Å²) < 4.78 is 0.812. The zero-order valence-electron chi connectivity index (χ0n) is 12.0. The minimum atomic E-state index is -0.146. The van der Waals surface area contributed by atoms with E-state index in [1.165, 1.54) is 4.88 Å². The van der Waals surface area contributed by atoms with E-state index in [0.29, 0.717) is 6.54 Å². The van der Waals surface area contributed by atoms with Gasteiger partial charge in [-0.2, -0.15) is 0 Å². The summed E-state index contributed by atoms with van der Waals surface area (Å²) in [5.74, 6) is 0.239. The average Bonchev–Trinajstić information content (AvgIpc) is 2.86. The second-order valence-corrected chi connectivity index (χ2v) is 7.29. The van der Waals surface area contributed by atoms with Gasteiger partial charge in [-0.25, -0.2) is 0 Å². The Morgan fingerprint density at radius 2 is 2.20 bits per heavy atom. The Morgan fingerprint density at radius 3 is 2.80 bits per heavy atom. The zero-order valence-corrected chi connectivity index (χ0v) is 13.6. The maximum absolute atomic E-state index is 12.5. The lowest BCUT2D eigenvalue weighted by molar-refractivity contribution is -0.133. The molecule has 0 unspecified atom stereocenters. The molecule has 0 spiro atoms. The van der Waals surface area contributed by atoms with Crippen LogP contribution in [0.5, 0.6) is 0 Å². The molecule has 1 aromatic heterocycles. The van der Waals surface area contributed by atoms with Crippen LogP contribution in [0.25, 0.3) is 0 Å². The monoisotopic (exact) mass is 314 g/mol. The fourth-order valence-corrected chi connectivity index (χ4v) is 4.03. The first-order valence-corrected chi connectivity index (χ1v) is 8.59. The number of amides is 1. The molecule has 0 radical (unpaired) electrons. The average molecular weight is 315 g/mol. The molecule has 1 aliphatic rings. The largest absolute Gasteiger partial charge is 0.355 e. The predicted molar refractivity (Wildman–Crippen MR) is 85.5 cm³/mol. The fourth-order valence-electron chi connectivity index (χ4n) is 2.95. The van der Waals surface area contributed by atoms with E-state index in [1.807, 2.05) is 12.1 Å². The van der Waals surface area contributed by atoms with Crippen molar-refractivity contribution >= 4 is 28.8 Å². The van der Waals surface area contributed by atoms with Crippen molar-refractivity contribution in [2.45, 2.75) is 39.0 Å². The summed E-state index contributed by atoms with van der Waals surface area (Å²) >= 11 is 7.50. The van der Waals surface area contributed by atoms with Gasteiger partial charge in [0.05, 0.1) is 9.75 Å². The van der Waals surface area contributed by atoms with Crippen molar-refractivity contribution in [2.24, 2.45) is 5.41 Å². The van der Waals surface area contributed by atoms with Crippen LogP contribution in [-0.2, 0) is 11.2 Å². The first-order valence-electron chi connectivity index (χ1n) is 7.39. The van der Waals surface area contributed by atoms with Crippen molar-refractivity contribution in [3.63, 3.8) is 0 Å². The van der Waals surface area contributed by atoms with Gasteiger partial charge in [0.25, 0.3) is 0 Å². The molecule has 1 fully saturated rings. The summed E-state index contributed by atoms with van der Waals surface area (Å²) in [7, 11) is 0. The van der Waals surface area contributed by atoms with E-state index in [9.17, 15) is 4.79 Å². The first kappa shape index (κ1) is 15.8. The normalized spacial score (nSPS) is 17.9. The summed E-state index contributed by atoms with van der Waals surface area (Å²) in [5, 5.41) is 6.48. The van der Waals surface area contributed by atoms with Crippen LogP contribution in [-0.4, -0.2) is 25.5 Å². The Bertz CT molecular complexity index is 435. The number of rotatable bonds is 6. The Kier molecular flexibility index (Phi) is 5.87. The summed E-state index contributed by atoms with van der Waals surface area (Å²) in [4.78, 5) is 13.8. The molecular weight excluding hydrogens is 292 g/mol. The van der Waals surface area contributed by atoms with Crippen LogP contribution in [0, 0.1) is 5.41 Å². The van der Waals surface area contributed by atoms with Crippen LogP contribution < -0.4 is 10.6 Å². The molecule has 2 rings (SSSR count). The van der Waals surface area contributed by atoms with Crippen molar-refractivity contribution in [3.8, 4) is 0 Å². The summed E-state index contributed by atoms with van der Waals surface area (Å²) in [6.07, 6.45) is 4.83. The number of halogens is 1. The molecule has 0 saturated carbocycles. The number of piperidine rings is 1. The van der Waals surface area contributed by atoms with Gasteiger partial charge < -0.3 is 10.6 Å². The lowest BCUT2D eigenvalue weighted by atomic mass is 9.74. The molecule has 0 atom stereocenters. The molecule has 1 amide bonds. The van der Waals surface area contributed by atoms with Crippen LogP contribution in [0.2, 0.25) is 4.34 Å². The molecule has 20 heavy (non-hydrogen) atoms. The van der Waals surface area contributed by atoms with Gasteiger partial charge in [0.1, 0.15) is 0 Å². The van der Waals surface area contributed by atoms with Crippen LogP contribution in [0.4, 0.5) is 0 Å². The van der Waals surface area contributed by atoms with Crippen molar-refractivity contribution in [3.05, 3.63) is 21.3 Å². The SMILES string of the molecule is CCCC1(C(=O)NCCc2ccc(Cl)s2)CCNCC1. The third kappa shape index (κ3) is 3.96. The third-order valence-electron chi connectivity index (χ3n) is 4.06. The van der Waals surface area contributed by atoms with Crippen molar-refractivity contribution in [1.82, 2.24) is 10.6 Å². The molecule has 2 N–H and O–H groups in total. The first-order chi connectivity index (χ1) is 9.66. The predicted octanol–water partition coefficient (Wildman–Crippen LogP) is 3.23. The van der Waals surface area contributed by atoms with Gasteiger partial charge in [-0.3, -0.25) is 4.79 Å². The number of carbonyl (C=O) groups excluding carboxylic acids is 1. The maximum Gasteiger partial charge on any atom is 0.226 e. The Labute approximate surface area is 130 Å². The smallest absolute Gasteiger partial charge is 0.226 e. The molecule has 5 heteroatoms. The summed E-state index contributed by atoms with van der Waals surface area (Å²) in [5.41, 5.74) is -0.146. The zero-order chi connectivity index (χ0) is 14.4. The van der Waals surface area contributed by atoms with E-state index in [2.05, 4.69) is 17.6 Å². The molecule has 1 aliphatic heterocycles. The van der Waals surface area contributed by atoms with Gasteiger partial charge in [-0.1, -0.05) is 24.9 Å². The molecule has 0 aromatic carbocycles. The highest BCUT2D eigenvalue weighted by Gasteiger charge is 2.38. The highest BCUT2D eigenvalue weighted by atomic mass is 35.5. The quantitative estimate of drug-likeness (QED) is 0.846. The van der Waals surface area contributed by atoms with Crippen molar-refractivity contribution in [2.75, 3.05) is 19.6 Å². The molecule has 3 nitrogen and oxygen atoms in total. The van der Waals surface area contributed by atoms with Gasteiger partial charge >= 0.3 is 0 Å². The van der Waals surface area contributed by atoms with E-state index in [4.69, 9.17) is 11.6 Å². The molecule has 1 saturated heterocycles. The Balaban J connectivity index is 1.85. The van der Waals surface area contributed by atoms with Crippen LogP contribution in [0.15, 0.2) is 12.1 Å². The van der Waals surface area contributed by atoms with Crippen LogP contribution in [0.1, 0.15) is 37.5 Å². The lowest BCUT2D eigenvalue weighted by Crippen LogP contribution is -2.48. The number of hydrogen-bond donors (Lipinski definition) is 2. The number of nitrogens with one attached hydrogen (secondary N) is 2. The summed E-state index contributed by atoms with van der Waals surface area (Å²) in [6, 6.07) is 3.94. The topological polar surface area (TPSA) is 41.1 Å². The van der Waals surface area contributed by atoms with E-state index < -0.39 is 0 Å².